The highest BCUT2D eigenvalue weighted by molar-refractivity contribution is 5.94. The Hall–Kier alpha value is -2.28. The van der Waals surface area contributed by atoms with Crippen LogP contribution < -0.4 is 10.1 Å². The van der Waals surface area contributed by atoms with Crippen LogP contribution in [0.2, 0.25) is 0 Å². The first-order chi connectivity index (χ1) is 14.6. The van der Waals surface area contributed by atoms with Gasteiger partial charge in [-0.25, -0.2) is 4.79 Å². The fraction of sp³-hybridized carbons (Fsp3) is 0.652. The smallest absolute Gasteiger partial charge is 0.410 e. The number of nitrogens with zero attached hydrogens (tertiary/aromatic N) is 2. The van der Waals surface area contributed by atoms with Crippen molar-refractivity contribution in [2.75, 3.05) is 26.8 Å². The maximum Gasteiger partial charge on any atom is 0.410 e. The second-order valence-electron chi connectivity index (χ2n) is 8.66. The average molecular weight is 416 g/mol. The van der Waals surface area contributed by atoms with Crippen LogP contribution in [-0.2, 0) is 4.74 Å². The van der Waals surface area contributed by atoms with Crippen LogP contribution in [0.25, 0.3) is 0 Å². The summed E-state index contributed by atoms with van der Waals surface area (Å²) in [6.45, 7) is 4.23. The second-order valence-corrected chi connectivity index (χ2v) is 8.66. The Bertz CT molecular complexity index is 757. The van der Waals surface area contributed by atoms with E-state index in [1.54, 1.807) is 13.2 Å². The minimum Gasteiger partial charge on any atom is -0.497 e. The lowest BCUT2D eigenvalue weighted by Crippen LogP contribution is -2.56. The van der Waals surface area contributed by atoms with Gasteiger partial charge in [0.15, 0.2) is 0 Å². The SMILES string of the molecule is CCOC(=O)N1C2CCC1CC(N1CCCC(NC(=O)c3cccc(OC)c3)C1)C2. The Morgan fingerprint density at radius 1 is 1.13 bits per heavy atom. The molecular formula is C23H33N3O4. The molecule has 2 bridgehead atoms. The van der Waals surface area contributed by atoms with Gasteiger partial charge in [0.1, 0.15) is 5.75 Å². The van der Waals surface area contributed by atoms with Gasteiger partial charge in [0, 0.05) is 36.3 Å². The number of likely N-dealkylation sites (tertiary alicyclic amines) is 1. The molecule has 4 rings (SSSR count). The molecule has 3 aliphatic rings. The number of fused-ring (bicyclic) bond motifs is 2. The minimum absolute atomic E-state index is 0.0436. The molecule has 30 heavy (non-hydrogen) atoms. The highest BCUT2D eigenvalue weighted by Gasteiger charge is 2.45. The third-order valence-electron chi connectivity index (χ3n) is 6.82. The summed E-state index contributed by atoms with van der Waals surface area (Å²) in [5, 5.41) is 3.22. The van der Waals surface area contributed by atoms with Crippen LogP contribution in [0.5, 0.6) is 5.75 Å². The van der Waals surface area contributed by atoms with Crippen LogP contribution in [0.1, 0.15) is 55.8 Å². The topological polar surface area (TPSA) is 71.1 Å². The number of benzene rings is 1. The molecule has 1 N–H and O–H groups in total. The van der Waals surface area contributed by atoms with Crippen molar-refractivity contribution in [2.45, 2.75) is 69.6 Å². The van der Waals surface area contributed by atoms with Crippen molar-refractivity contribution in [1.29, 1.82) is 0 Å². The first-order valence-corrected chi connectivity index (χ1v) is 11.2. The summed E-state index contributed by atoms with van der Waals surface area (Å²) in [5.41, 5.74) is 0.632. The molecule has 1 aromatic rings. The van der Waals surface area contributed by atoms with E-state index in [4.69, 9.17) is 9.47 Å². The molecule has 0 saturated carbocycles. The predicted octanol–water partition coefficient (Wildman–Crippen LogP) is 3.04. The zero-order chi connectivity index (χ0) is 21.1. The van der Waals surface area contributed by atoms with E-state index in [1.807, 2.05) is 30.0 Å². The fourth-order valence-corrected chi connectivity index (χ4v) is 5.43. The van der Waals surface area contributed by atoms with Gasteiger partial charge < -0.3 is 19.7 Å². The van der Waals surface area contributed by atoms with Crippen LogP contribution in [0.4, 0.5) is 4.79 Å². The van der Waals surface area contributed by atoms with Gasteiger partial charge in [-0.2, -0.15) is 0 Å². The molecule has 0 aliphatic carbocycles. The second kappa shape index (κ2) is 9.25. The van der Waals surface area contributed by atoms with Gasteiger partial charge in [-0.05, 0) is 70.2 Å². The van der Waals surface area contributed by atoms with Crippen molar-refractivity contribution in [3.05, 3.63) is 29.8 Å². The summed E-state index contributed by atoms with van der Waals surface area (Å²) < 4.78 is 10.5. The van der Waals surface area contributed by atoms with Gasteiger partial charge in [-0.3, -0.25) is 9.69 Å². The molecule has 7 heteroatoms. The van der Waals surface area contributed by atoms with Crippen molar-refractivity contribution < 1.29 is 19.1 Å². The van der Waals surface area contributed by atoms with Gasteiger partial charge in [0.25, 0.3) is 5.91 Å². The number of hydrogen-bond donors (Lipinski definition) is 1. The number of methoxy groups -OCH3 is 1. The largest absolute Gasteiger partial charge is 0.497 e. The van der Waals surface area contributed by atoms with Crippen molar-refractivity contribution in [2.24, 2.45) is 0 Å². The number of ether oxygens (including phenoxy) is 2. The standard InChI is InChI=1S/C23H33N3O4/c1-3-30-23(28)26-18-9-10-19(26)14-20(13-18)25-11-5-7-17(15-25)24-22(27)16-6-4-8-21(12-16)29-2/h4,6,8,12,17-20H,3,5,7,9-11,13-15H2,1-2H3,(H,24,27). The van der Waals surface area contributed by atoms with Gasteiger partial charge in [-0.1, -0.05) is 6.07 Å². The average Bonchev–Trinajstić information content (AvgIpc) is 3.03. The number of carbonyl (C=O) groups excluding carboxylic acids is 2. The molecule has 1 aromatic carbocycles. The van der Waals surface area contributed by atoms with Gasteiger partial charge in [0.2, 0.25) is 0 Å². The van der Waals surface area contributed by atoms with Crippen LogP contribution >= 0.6 is 0 Å². The van der Waals surface area contributed by atoms with E-state index in [1.165, 1.54) is 0 Å². The maximum atomic E-state index is 12.7. The monoisotopic (exact) mass is 415 g/mol. The lowest BCUT2D eigenvalue weighted by atomic mass is 9.93. The van der Waals surface area contributed by atoms with E-state index in [0.29, 0.717) is 36.0 Å². The molecule has 0 spiro atoms. The quantitative estimate of drug-likeness (QED) is 0.800. The van der Waals surface area contributed by atoms with Crippen LogP contribution in [0.3, 0.4) is 0 Å². The molecule has 3 aliphatic heterocycles. The highest BCUT2D eigenvalue weighted by Crippen LogP contribution is 2.38. The van der Waals surface area contributed by atoms with Crippen molar-refractivity contribution in [1.82, 2.24) is 15.1 Å². The van der Waals surface area contributed by atoms with E-state index in [0.717, 1.165) is 51.6 Å². The van der Waals surface area contributed by atoms with Crippen molar-refractivity contribution in [3.63, 3.8) is 0 Å². The Labute approximate surface area is 178 Å². The summed E-state index contributed by atoms with van der Waals surface area (Å²) in [6, 6.07) is 8.49. The zero-order valence-electron chi connectivity index (χ0n) is 18.0. The molecule has 0 aromatic heterocycles. The third kappa shape index (κ3) is 4.41. The number of carbonyl (C=O) groups is 2. The highest BCUT2D eigenvalue weighted by atomic mass is 16.6. The molecule has 0 radical (unpaired) electrons. The van der Waals surface area contributed by atoms with E-state index < -0.39 is 0 Å². The number of hydrogen-bond acceptors (Lipinski definition) is 5. The van der Waals surface area contributed by atoms with Gasteiger partial charge in [0.05, 0.1) is 13.7 Å². The zero-order valence-corrected chi connectivity index (χ0v) is 18.0. The fourth-order valence-electron chi connectivity index (χ4n) is 5.43. The lowest BCUT2D eigenvalue weighted by Gasteiger charge is -2.45. The lowest BCUT2D eigenvalue weighted by molar-refractivity contribution is 0.0309. The predicted molar refractivity (Wildman–Crippen MR) is 114 cm³/mol. The van der Waals surface area contributed by atoms with Gasteiger partial charge >= 0.3 is 6.09 Å². The van der Waals surface area contributed by atoms with E-state index in [2.05, 4.69) is 10.2 Å². The number of piperidine rings is 2. The molecular weight excluding hydrogens is 382 g/mol. The molecule has 3 atom stereocenters. The summed E-state index contributed by atoms with van der Waals surface area (Å²) in [7, 11) is 1.61. The Kier molecular flexibility index (Phi) is 6.46. The van der Waals surface area contributed by atoms with Crippen molar-refractivity contribution in [3.8, 4) is 5.75 Å². The van der Waals surface area contributed by atoms with E-state index in [-0.39, 0.29) is 18.0 Å². The molecule has 3 unspecified atom stereocenters. The summed E-state index contributed by atoms with van der Waals surface area (Å²) in [5.74, 6) is 0.648. The third-order valence-corrected chi connectivity index (χ3v) is 6.82. The Balaban J connectivity index is 1.34. The van der Waals surface area contributed by atoms with E-state index in [9.17, 15) is 9.59 Å². The number of nitrogens with one attached hydrogen (secondary N) is 1. The van der Waals surface area contributed by atoms with Crippen LogP contribution in [0.15, 0.2) is 24.3 Å². The molecule has 164 valence electrons. The van der Waals surface area contributed by atoms with Crippen molar-refractivity contribution >= 4 is 12.0 Å². The van der Waals surface area contributed by atoms with Gasteiger partial charge in [-0.15, -0.1) is 0 Å². The number of rotatable bonds is 5. The molecule has 3 heterocycles. The first-order valence-electron chi connectivity index (χ1n) is 11.2. The number of amides is 2. The summed E-state index contributed by atoms with van der Waals surface area (Å²) >= 11 is 0. The normalized spacial score (nSPS) is 28.8. The molecule has 3 saturated heterocycles. The van der Waals surface area contributed by atoms with Crippen LogP contribution in [0, 0.1) is 0 Å². The maximum absolute atomic E-state index is 12.7. The first kappa shape index (κ1) is 21.0. The Morgan fingerprint density at radius 2 is 1.90 bits per heavy atom. The van der Waals surface area contributed by atoms with E-state index >= 15 is 0 Å². The molecule has 2 amide bonds. The molecule has 3 fully saturated rings. The minimum atomic E-state index is -0.148. The summed E-state index contributed by atoms with van der Waals surface area (Å²) in [6.07, 6.45) is 6.09. The summed E-state index contributed by atoms with van der Waals surface area (Å²) in [4.78, 5) is 29.6. The van der Waals surface area contributed by atoms with Crippen LogP contribution in [-0.4, -0.2) is 72.8 Å². The molecule has 7 nitrogen and oxygen atoms in total. The Morgan fingerprint density at radius 3 is 2.60 bits per heavy atom.